The summed E-state index contributed by atoms with van der Waals surface area (Å²) < 4.78 is 0. The van der Waals surface area contributed by atoms with Crippen LogP contribution in [0.5, 0.6) is 0 Å². The molecular formula is C19H21NO. The van der Waals surface area contributed by atoms with E-state index < -0.39 is 0 Å². The van der Waals surface area contributed by atoms with Crippen molar-refractivity contribution in [3.63, 3.8) is 0 Å². The summed E-state index contributed by atoms with van der Waals surface area (Å²) in [6.07, 6.45) is 0.958. The van der Waals surface area contributed by atoms with E-state index in [1.807, 2.05) is 36.4 Å². The van der Waals surface area contributed by atoms with Crippen LogP contribution < -0.4 is 5.32 Å². The molecule has 2 aromatic carbocycles. The van der Waals surface area contributed by atoms with Crippen molar-refractivity contribution in [3.8, 4) is 0 Å². The second-order valence-corrected chi connectivity index (χ2v) is 6.09. The van der Waals surface area contributed by atoms with E-state index in [1.165, 1.54) is 11.1 Å². The van der Waals surface area contributed by atoms with Crippen LogP contribution in [0.25, 0.3) is 0 Å². The standard InChI is InChI=1S/C19H21NO/c1-13(2)15-10-6-7-11-18(15)20-19(21)17-12-16(17)14-8-4-3-5-9-14/h3-11,13,16-17H,12H2,1-2H3,(H,20,21)/t16-,17+/m0/s1. The number of rotatable bonds is 4. The average Bonchev–Trinajstić information content (AvgIpc) is 3.29. The molecule has 1 aliphatic rings. The summed E-state index contributed by atoms with van der Waals surface area (Å²) in [6.45, 7) is 4.30. The zero-order chi connectivity index (χ0) is 14.8. The van der Waals surface area contributed by atoms with Crippen LogP contribution in [0.1, 0.15) is 43.2 Å². The first-order chi connectivity index (χ1) is 10.2. The van der Waals surface area contributed by atoms with Crippen LogP contribution in [-0.4, -0.2) is 5.91 Å². The van der Waals surface area contributed by atoms with Crippen LogP contribution >= 0.6 is 0 Å². The Balaban J connectivity index is 1.69. The maximum Gasteiger partial charge on any atom is 0.228 e. The Bertz CT molecular complexity index is 633. The zero-order valence-electron chi connectivity index (χ0n) is 12.5. The number of nitrogens with one attached hydrogen (secondary N) is 1. The van der Waals surface area contributed by atoms with E-state index in [0.29, 0.717) is 11.8 Å². The van der Waals surface area contributed by atoms with E-state index in [0.717, 1.165) is 12.1 Å². The molecule has 0 aromatic heterocycles. The summed E-state index contributed by atoms with van der Waals surface area (Å²) in [5, 5.41) is 3.11. The molecule has 0 heterocycles. The van der Waals surface area contributed by atoms with Crippen molar-refractivity contribution in [2.75, 3.05) is 5.32 Å². The van der Waals surface area contributed by atoms with Crippen molar-refractivity contribution in [1.82, 2.24) is 0 Å². The fraction of sp³-hybridized carbons (Fsp3) is 0.316. The van der Waals surface area contributed by atoms with Crippen molar-refractivity contribution < 1.29 is 4.79 Å². The molecule has 1 fully saturated rings. The van der Waals surface area contributed by atoms with E-state index in [1.54, 1.807) is 0 Å². The summed E-state index contributed by atoms with van der Waals surface area (Å²) >= 11 is 0. The van der Waals surface area contributed by atoms with Gasteiger partial charge in [-0.2, -0.15) is 0 Å². The van der Waals surface area contributed by atoms with Crippen molar-refractivity contribution in [3.05, 3.63) is 65.7 Å². The van der Waals surface area contributed by atoms with Crippen LogP contribution in [-0.2, 0) is 4.79 Å². The van der Waals surface area contributed by atoms with Gasteiger partial charge in [-0.05, 0) is 35.4 Å². The first kappa shape index (κ1) is 13.9. The Kier molecular flexibility index (Phi) is 3.78. The Labute approximate surface area is 126 Å². The molecule has 0 saturated heterocycles. The topological polar surface area (TPSA) is 29.1 Å². The van der Waals surface area contributed by atoms with Gasteiger partial charge in [0, 0.05) is 11.6 Å². The number of carbonyl (C=O) groups is 1. The first-order valence-corrected chi connectivity index (χ1v) is 7.61. The molecule has 2 atom stereocenters. The fourth-order valence-electron chi connectivity index (χ4n) is 2.89. The normalized spacial score (nSPS) is 20.3. The number of carbonyl (C=O) groups excluding carboxylic acids is 1. The lowest BCUT2D eigenvalue weighted by atomic mass is 10.0. The molecule has 1 saturated carbocycles. The van der Waals surface area contributed by atoms with Gasteiger partial charge in [0.05, 0.1) is 0 Å². The Morgan fingerprint density at radius 2 is 1.71 bits per heavy atom. The highest BCUT2D eigenvalue weighted by molar-refractivity contribution is 5.95. The fourth-order valence-corrected chi connectivity index (χ4v) is 2.89. The quantitative estimate of drug-likeness (QED) is 0.874. The molecule has 0 radical (unpaired) electrons. The number of hydrogen-bond acceptors (Lipinski definition) is 1. The predicted octanol–water partition coefficient (Wildman–Crippen LogP) is 4.55. The van der Waals surface area contributed by atoms with Crippen molar-refractivity contribution >= 4 is 11.6 Å². The lowest BCUT2D eigenvalue weighted by Crippen LogP contribution is -2.16. The van der Waals surface area contributed by atoms with Crippen molar-refractivity contribution in [2.24, 2.45) is 5.92 Å². The van der Waals surface area contributed by atoms with Crippen LogP contribution in [0.2, 0.25) is 0 Å². The third-order valence-corrected chi connectivity index (χ3v) is 4.20. The lowest BCUT2D eigenvalue weighted by Gasteiger charge is -2.13. The first-order valence-electron chi connectivity index (χ1n) is 7.61. The van der Waals surface area contributed by atoms with Gasteiger partial charge in [-0.25, -0.2) is 0 Å². The Morgan fingerprint density at radius 1 is 1.05 bits per heavy atom. The maximum atomic E-state index is 12.4. The molecule has 2 heteroatoms. The van der Waals surface area contributed by atoms with Crippen LogP contribution in [0.3, 0.4) is 0 Å². The molecule has 108 valence electrons. The number of hydrogen-bond donors (Lipinski definition) is 1. The zero-order valence-corrected chi connectivity index (χ0v) is 12.5. The molecule has 0 aliphatic heterocycles. The Morgan fingerprint density at radius 3 is 2.43 bits per heavy atom. The molecule has 1 aliphatic carbocycles. The molecule has 21 heavy (non-hydrogen) atoms. The molecule has 0 bridgehead atoms. The van der Waals surface area contributed by atoms with Crippen molar-refractivity contribution in [2.45, 2.75) is 32.1 Å². The van der Waals surface area contributed by atoms with E-state index in [-0.39, 0.29) is 11.8 Å². The minimum Gasteiger partial charge on any atom is -0.326 e. The van der Waals surface area contributed by atoms with Gasteiger partial charge in [0.25, 0.3) is 0 Å². The molecule has 0 spiro atoms. The van der Waals surface area contributed by atoms with Gasteiger partial charge in [0.1, 0.15) is 0 Å². The van der Waals surface area contributed by atoms with Crippen LogP contribution in [0.15, 0.2) is 54.6 Å². The third kappa shape index (κ3) is 2.99. The van der Waals surface area contributed by atoms with Gasteiger partial charge in [0.2, 0.25) is 5.91 Å². The molecule has 0 unspecified atom stereocenters. The maximum absolute atomic E-state index is 12.4. The van der Waals surface area contributed by atoms with Gasteiger partial charge in [-0.1, -0.05) is 62.4 Å². The summed E-state index contributed by atoms with van der Waals surface area (Å²) in [5.41, 5.74) is 3.42. The van der Waals surface area contributed by atoms with E-state index in [2.05, 4.69) is 37.4 Å². The summed E-state index contributed by atoms with van der Waals surface area (Å²) in [7, 11) is 0. The second kappa shape index (κ2) is 5.72. The molecule has 3 rings (SSSR count). The minimum atomic E-state index is 0.118. The van der Waals surface area contributed by atoms with Crippen LogP contribution in [0.4, 0.5) is 5.69 Å². The summed E-state index contributed by atoms with van der Waals surface area (Å²) in [4.78, 5) is 12.4. The second-order valence-electron chi connectivity index (χ2n) is 6.09. The number of anilines is 1. The van der Waals surface area contributed by atoms with Gasteiger partial charge < -0.3 is 5.32 Å². The monoisotopic (exact) mass is 279 g/mol. The van der Waals surface area contributed by atoms with E-state index in [9.17, 15) is 4.79 Å². The van der Waals surface area contributed by atoms with Gasteiger partial charge >= 0.3 is 0 Å². The van der Waals surface area contributed by atoms with Gasteiger partial charge in [-0.3, -0.25) is 4.79 Å². The van der Waals surface area contributed by atoms with E-state index >= 15 is 0 Å². The third-order valence-electron chi connectivity index (χ3n) is 4.20. The summed E-state index contributed by atoms with van der Waals surface area (Å²) in [5.74, 6) is 1.06. The smallest absolute Gasteiger partial charge is 0.228 e. The highest BCUT2D eigenvalue weighted by atomic mass is 16.2. The highest BCUT2D eigenvalue weighted by Gasteiger charge is 2.43. The average molecular weight is 279 g/mol. The number of benzene rings is 2. The number of para-hydroxylation sites is 1. The summed E-state index contributed by atoms with van der Waals surface area (Å²) in [6, 6.07) is 18.4. The molecule has 1 amide bonds. The van der Waals surface area contributed by atoms with Gasteiger partial charge in [0.15, 0.2) is 0 Å². The lowest BCUT2D eigenvalue weighted by molar-refractivity contribution is -0.117. The van der Waals surface area contributed by atoms with Crippen LogP contribution in [0, 0.1) is 5.92 Å². The molecule has 2 aromatic rings. The molecule has 1 N–H and O–H groups in total. The Hall–Kier alpha value is -2.09. The minimum absolute atomic E-state index is 0.118. The SMILES string of the molecule is CC(C)c1ccccc1NC(=O)[C@@H]1C[C@H]1c1ccccc1. The number of amides is 1. The molecule has 2 nitrogen and oxygen atoms in total. The van der Waals surface area contributed by atoms with Gasteiger partial charge in [-0.15, -0.1) is 0 Å². The van der Waals surface area contributed by atoms with E-state index in [4.69, 9.17) is 0 Å². The molecular weight excluding hydrogens is 258 g/mol. The highest BCUT2D eigenvalue weighted by Crippen LogP contribution is 2.48. The largest absolute Gasteiger partial charge is 0.326 e. The predicted molar refractivity (Wildman–Crippen MR) is 86.5 cm³/mol. The van der Waals surface area contributed by atoms with Crippen molar-refractivity contribution in [1.29, 1.82) is 0 Å².